The second-order valence-electron chi connectivity index (χ2n) is 10.2. The molecule has 4 aromatic rings. The Kier molecular flexibility index (Phi) is 7.39. The molecule has 0 amide bonds. The van der Waals surface area contributed by atoms with Crippen LogP contribution >= 0.6 is 34.5 Å². The Labute approximate surface area is 249 Å². The lowest BCUT2D eigenvalue weighted by Crippen LogP contribution is -2.35. The van der Waals surface area contributed by atoms with Crippen molar-refractivity contribution in [2.75, 3.05) is 19.8 Å². The van der Waals surface area contributed by atoms with Gasteiger partial charge in [-0.3, -0.25) is 0 Å². The molecule has 0 spiro atoms. The van der Waals surface area contributed by atoms with Gasteiger partial charge in [0.25, 0.3) is 5.19 Å². The van der Waals surface area contributed by atoms with Gasteiger partial charge in [-0.2, -0.15) is 0 Å². The van der Waals surface area contributed by atoms with Crippen LogP contribution in [0.15, 0.2) is 40.9 Å². The van der Waals surface area contributed by atoms with E-state index in [4.69, 9.17) is 51.4 Å². The van der Waals surface area contributed by atoms with Crippen LogP contribution in [0, 0.1) is 0 Å². The van der Waals surface area contributed by atoms with Crippen LogP contribution in [0.2, 0.25) is 10.0 Å². The van der Waals surface area contributed by atoms with E-state index in [2.05, 4.69) is 10.1 Å². The predicted octanol–water partition coefficient (Wildman–Crippen LogP) is 6.44. The summed E-state index contributed by atoms with van der Waals surface area (Å²) in [4.78, 5) is 16.7. The number of carbonyl (C=O) groups is 1. The molecule has 0 bridgehead atoms. The molecule has 4 atom stereocenters. The molecule has 2 saturated heterocycles. The molecule has 41 heavy (non-hydrogen) atoms. The standard InChI is InChI=1S/C29H26Cl2N2O7S/c1-2-35-28(34)15-8-9-19-22(10-15)41-29(32-19)39-21-13-38-26-20(12-37-27(21)26)36-11-16-24(33-40-25(16)14-6-7-14)23-17(30)4-3-5-18(23)31/h3-5,8-10,14,20-21,26-27H,2,6-7,11-13H2,1H3/t20-,21?,26+,27+/m0/s1. The number of esters is 1. The Morgan fingerprint density at radius 1 is 1.07 bits per heavy atom. The van der Waals surface area contributed by atoms with Crippen LogP contribution in [-0.4, -0.2) is 60.3 Å². The minimum absolute atomic E-state index is 0.263. The van der Waals surface area contributed by atoms with Crippen molar-refractivity contribution in [3.8, 4) is 16.5 Å². The molecule has 3 aliphatic rings. The predicted molar refractivity (Wildman–Crippen MR) is 152 cm³/mol. The summed E-state index contributed by atoms with van der Waals surface area (Å²) in [6, 6.07) is 10.6. The van der Waals surface area contributed by atoms with Gasteiger partial charge in [-0.05, 0) is 50.1 Å². The number of benzene rings is 2. The lowest BCUT2D eigenvalue weighted by molar-refractivity contribution is -0.0428. The molecule has 1 saturated carbocycles. The van der Waals surface area contributed by atoms with Gasteiger partial charge in [0, 0.05) is 17.0 Å². The van der Waals surface area contributed by atoms with Crippen molar-refractivity contribution in [2.24, 2.45) is 0 Å². The van der Waals surface area contributed by atoms with Crippen LogP contribution < -0.4 is 4.74 Å². The fourth-order valence-electron chi connectivity index (χ4n) is 5.34. The largest absolute Gasteiger partial charge is 0.462 e. The van der Waals surface area contributed by atoms with E-state index < -0.39 is 0 Å². The third kappa shape index (κ3) is 5.22. The number of aromatic nitrogens is 2. The first kappa shape index (κ1) is 27.1. The lowest BCUT2D eigenvalue weighted by Gasteiger charge is -2.17. The van der Waals surface area contributed by atoms with Crippen molar-refractivity contribution in [3.63, 3.8) is 0 Å². The van der Waals surface area contributed by atoms with Gasteiger partial charge >= 0.3 is 5.97 Å². The van der Waals surface area contributed by atoms with Crippen molar-refractivity contribution >= 4 is 50.7 Å². The summed E-state index contributed by atoms with van der Waals surface area (Å²) >= 11 is 14.4. The molecule has 2 aromatic heterocycles. The van der Waals surface area contributed by atoms with E-state index in [1.54, 1.807) is 43.3 Å². The average Bonchev–Trinajstić information content (AvgIpc) is 3.25. The minimum atomic E-state index is -0.361. The zero-order valence-corrected chi connectivity index (χ0v) is 24.3. The molecule has 2 aliphatic heterocycles. The molecule has 2 aromatic carbocycles. The summed E-state index contributed by atoms with van der Waals surface area (Å²) < 4.78 is 36.5. The highest BCUT2D eigenvalue weighted by Gasteiger charge is 2.50. The van der Waals surface area contributed by atoms with Crippen molar-refractivity contribution in [1.82, 2.24) is 10.1 Å². The lowest BCUT2D eigenvalue weighted by atomic mass is 10.0. The molecule has 0 radical (unpaired) electrons. The highest BCUT2D eigenvalue weighted by Crippen LogP contribution is 2.46. The van der Waals surface area contributed by atoms with Crippen LogP contribution in [0.3, 0.4) is 0 Å². The van der Waals surface area contributed by atoms with E-state index in [9.17, 15) is 4.79 Å². The molecular weight excluding hydrogens is 591 g/mol. The van der Waals surface area contributed by atoms with Crippen molar-refractivity contribution in [3.05, 3.63) is 63.3 Å². The maximum atomic E-state index is 12.1. The van der Waals surface area contributed by atoms with E-state index in [1.165, 1.54) is 11.3 Å². The first-order valence-electron chi connectivity index (χ1n) is 13.5. The average molecular weight is 618 g/mol. The third-order valence-corrected chi connectivity index (χ3v) is 9.04. The summed E-state index contributed by atoms with van der Waals surface area (Å²) in [7, 11) is 0. The Bertz CT molecular complexity index is 1580. The topological polar surface area (TPSA) is 102 Å². The fraction of sp³-hybridized carbons (Fsp3) is 0.414. The van der Waals surface area contributed by atoms with Gasteiger partial charge in [0.05, 0.1) is 52.3 Å². The Hall–Kier alpha value is -2.73. The highest BCUT2D eigenvalue weighted by molar-refractivity contribution is 7.20. The van der Waals surface area contributed by atoms with Gasteiger partial charge in [-0.25, -0.2) is 9.78 Å². The zero-order chi connectivity index (χ0) is 28.1. The molecule has 9 nitrogen and oxygen atoms in total. The first-order chi connectivity index (χ1) is 20.0. The van der Waals surface area contributed by atoms with E-state index in [1.807, 2.05) is 0 Å². The molecule has 7 rings (SSSR count). The van der Waals surface area contributed by atoms with Crippen LogP contribution in [0.4, 0.5) is 0 Å². The number of fused-ring (bicyclic) bond motifs is 2. The van der Waals surface area contributed by atoms with E-state index in [-0.39, 0.29) is 37.0 Å². The summed E-state index contributed by atoms with van der Waals surface area (Å²) in [5.41, 5.74) is 3.33. The number of carbonyl (C=O) groups excluding carboxylic acids is 1. The summed E-state index contributed by atoms with van der Waals surface area (Å²) in [6.07, 6.45) is 0.869. The fourth-order valence-corrected chi connectivity index (χ4v) is 6.82. The number of rotatable bonds is 9. The van der Waals surface area contributed by atoms with Crippen LogP contribution in [0.1, 0.15) is 47.4 Å². The number of hydrogen-bond acceptors (Lipinski definition) is 10. The number of thiazole rings is 1. The van der Waals surface area contributed by atoms with Gasteiger partial charge in [0.15, 0.2) is 6.10 Å². The van der Waals surface area contributed by atoms with E-state index in [0.717, 1.165) is 34.4 Å². The van der Waals surface area contributed by atoms with E-state index >= 15 is 0 Å². The van der Waals surface area contributed by atoms with Gasteiger partial charge in [-0.1, -0.05) is 45.8 Å². The highest BCUT2D eigenvalue weighted by atomic mass is 35.5. The number of ether oxygens (including phenoxy) is 5. The normalized spacial score (nSPS) is 23.7. The number of halogens is 2. The SMILES string of the molecule is CCOC(=O)c1ccc2nc(OC3CO[C@@H]4[C@@H](OCc5c(-c6c(Cl)cccc6Cl)noc5C5CC5)CO[C@H]34)sc2c1. The van der Waals surface area contributed by atoms with Gasteiger partial charge in [0.2, 0.25) is 0 Å². The molecule has 3 fully saturated rings. The quantitative estimate of drug-likeness (QED) is 0.196. The summed E-state index contributed by atoms with van der Waals surface area (Å²) in [6.45, 7) is 3.07. The number of hydrogen-bond donors (Lipinski definition) is 0. The summed E-state index contributed by atoms with van der Waals surface area (Å²) in [5.74, 6) is 0.786. The summed E-state index contributed by atoms with van der Waals surface area (Å²) in [5, 5.41) is 5.84. The molecule has 12 heteroatoms. The molecule has 4 heterocycles. The number of nitrogens with zero attached hydrogens (tertiary/aromatic N) is 2. The third-order valence-electron chi connectivity index (χ3n) is 7.50. The van der Waals surface area contributed by atoms with Crippen LogP contribution in [0.5, 0.6) is 5.19 Å². The molecule has 1 aliphatic carbocycles. The maximum absolute atomic E-state index is 12.1. The Morgan fingerprint density at radius 3 is 2.59 bits per heavy atom. The smallest absolute Gasteiger partial charge is 0.338 e. The second kappa shape index (κ2) is 11.2. The van der Waals surface area contributed by atoms with E-state index in [0.29, 0.717) is 57.8 Å². The monoisotopic (exact) mass is 616 g/mol. The molecule has 1 unspecified atom stereocenters. The zero-order valence-electron chi connectivity index (χ0n) is 22.0. The minimum Gasteiger partial charge on any atom is -0.462 e. The van der Waals surface area contributed by atoms with Gasteiger partial charge in [0.1, 0.15) is 29.8 Å². The van der Waals surface area contributed by atoms with Gasteiger partial charge in [-0.15, -0.1) is 0 Å². The van der Waals surface area contributed by atoms with Crippen molar-refractivity contribution < 1.29 is 33.0 Å². The van der Waals surface area contributed by atoms with Gasteiger partial charge < -0.3 is 28.2 Å². The van der Waals surface area contributed by atoms with Crippen molar-refractivity contribution in [2.45, 2.75) is 56.7 Å². The Balaban J connectivity index is 1.04. The molecule has 214 valence electrons. The Morgan fingerprint density at radius 2 is 1.83 bits per heavy atom. The van der Waals surface area contributed by atoms with Crippen molar-refractivity contribution in [1.29, 1.82) is 0 Å². The molecule has 0 N–H and O–H groups in total. The van der Waals surface area contributed by atoms with Crippen LogP contribution in [-0.2, 0) is 25.6 Å². The maximum Gasteiger partial charge on any atom is 0.338 e. The second-order valence-corrected chi connectivity index (χ2v) is 12.0. The molecular formula is C29H26Cl2N2O7S. The first-order valence-corrected chi connectivity index (χ1v) is 15.1. The van der Waals surface area contributed by atoms with Crippen LogP contribution in [0.25, 0.3) is 21.5 Å².